The molecule has 0 amide bonds. The van der Waals surface area contributed by atoms with Crippen LogP contribution in [0.15, 0.2) is 24.3 Å². The Hall–Kier alpha value is -2.80. The average molecular weight is 527 g/mol. The van der Waals surface area contributed by atoms with Gasteiger partial charge < -0.3 is 15.4 Å². The molecule has 12 heteroatoms. The zero-order chi connectivity index (χ0) is 25.6. The highest BCUT2D eigenvalue weighted by Gasteiger charge is 2.45. The average Bonchev–Trinajstić information content (AvgIpc) is 3.39. The Kier molecular flexibility index (Phi) is 6.51. The molecule has 37 heavy (non-hydrogen) atoms. The number of rotatable bonds is 7. The molecule has 2 bridgehead atoms. The molecule has 0 aromatic carbocycles. The maximum atomic E-state index is 12.3. The third-order valence-corrected chi connectivity index (χ3v) is 8.95. The summed E-state index contributed by atoms with van der Waals surface area (Å²) in [6.45, 7) is 6.05. The SMILES string of the molecule is Cc1cc(Nc2cc3nc(CN4CCOCC4)ccc3c(NC3C[C@H]4CC[C@@H](C3)N4S(C)(=O)=O)n2)n[nH]1. The number of aromatic amines is 1. The predicted molar refractivity (Wildman–Crippen MR) is 142 cm³/mol. The van der Waals surface area contributed by atoms with Gasteiger partial charge in [0.05, 0.1) is 30.7 Å². The van der Waals surface area contributed by atoms with Gasteiger partial charge in [0.25, 0.3) is 0 Å². The summed E-state index contributed by atoms with van der Waals surface area (Å²) >= 11 is 0. The molecule has 3 atom stereocenters. The summed E-state index contributed by atoms with van der Waals surface area (Å²) in [4.78, 5) is 12.3. The Morgan fingerprint density at radius 2 is 1.84 bits per heavy atom. The lowest BCUT2D eigenvalue weighted by molar-refractivity contribution is 0.0337. The second kappa shape index (κ2) is 9.82. The van der Waals surface area contributed by atoms with E-state index in [0.29, 0.717) is 11.6 Å². The Morgan fingerprint density at radius 3 is 2.51 bits per heavy atom. The van der Waals surface area contributed by atoms with Crippen molar-refractivity contribution in [3.05, 3.63) is 35.7 Å². The molecule has 198 valence electrons. The van der Waals surface area contributed by atoms with E-state index in [1.807, 2.05) is 19.1 Å². The van der Waals surface area contributed by atoms with E-state index in [0.717, 1.165) is 86.6 Å². The lowest BCUT2D eigenvalue weighted by Crippen LogP contribution is -2.49. The van der Waals surface area contributed by atoms with Crippen LogP contribution in [0.4, 0.5) is 17.5 Å². The molecule has 1 unspecified atom stereocenters. The van der Waals surface area contributed by atoms with Gasteiger partial charge in [0.2, 0.25) is 10.0 Å². The summed E-state index contributed by atoms with van der Waals surface area (Å²) in [6.07, 6.45) is 4.69. The fourth-order valence-corrected chi connectivity index (χ4v) is 7.49. The fourth-order valence-electron chi connectivity index (χ4n) is 6.02. The van der Waals surface area contributed by atoms with Gasteiger partial charge >= 0.3 is 0 Å². The van der Waals surface area contributed by atoms with Crippen molar-refractivity contribution in [3.8, 4) is 0 Å². The number of fused-ring (bicyclic) bond motifs is 3. The van der Waals surface area contributed by atoms with Crippen LogP contribution in [-0.2, 0) is 21.3 Å². The van der Waals surface area contributed by atoms with E-state index >= 15 is 0 Å². The Labute approximate surface area is 217 Å². The van der Waals surface area contributed by atoms with E-state index in [9.17, 15) is 8.42 Å². The highest BCUT2D eigenvalue weighted by molar-refractivity contribution is 7.88. The molecular weight excluding hydrogens is 492 g/mol. The van der Waals surface area contributed by atoms with Crippen molar-refractivity contribution < 1.29 is 13.2 Å². The molecular formula is C25H34N8O3S. The maximum absolute atomic E-state index is 12.3. The van der Waals surface area contributed by atoms with Crippen LogP contribution >= 0.6 is 0 Å². The lowest BCUT2D eigenvalue weighted by atomic mass is 9.99. The molecule has 6 heterocycles. The Morgan fingerprint density at radius 1 is 1.08 bits per heavy atom. The molecule has 3 saturated heterocycles. The number of pyridine rings is 2. The molecule has 3 aromatic rings. The molecule has 3 aromatic heterocycles. The largest absolute Gasteiger partial charge is 0.379 e. The minimum Gasteiger partial charge on any atom is -0.379 e. The second-order valence-electron chi connectivity index (χ2n) is 10.5. The summed E-state index contributed by atoms with van der Waals surface area (Å²) in [5, 5.41) is 15.2. The maximum Gasteiger partial charge on any atom is 0.211 e. The molecule has 0 radical (unpaired) electrons. The van der Waals surface area contributed by atoms with Gasteiger partial charge in [0.1, 0.15) is 11.6 Å². The van der Waals surface area contributed by atoms with Crippen LogP contribution in [0.5, 0.6) is 0 Å². The van der Waals surface area contributed by atoms with Crippen LogP contribution in [0, 0.1) is 6.92 Å². The normalized spacial score (nSPS) is 25.0. The monoisotopic (exact) mass is 526 g/mol. The van der Waals surface area contributed by atoms with E-state index in [4.69, 9.17) is 14.7 Å². The smallest absolute Gasteiger partial charge is 0.211 e. The Balaban J connectivity index is 1.29. The van der Waals surface area contributed by atoms with Crippen LogP contribution in [-0.4, -0.2) is 88.5 Å². The first-order valence-corrected chi connectivity index (χ1v) is 14.8. The molecule has 0 aliphatic carbocycles. The Bertz CT molecular complexity index is 1370. The number of piperidine rings is 1. The minimum absolute atomic E-state index is 0.0455. The van der Waals surface area contributed by atoms with Crippen molar-refractivity contribution in [1.29, 1.82) is 0 Å². The number of nitrogens with one attached hydrogen (secondary N) is 3. The molecule has 0 spiro atoms. The lowest BCUT2D eigenvalue weighted by Gasteiger charge is -2.37. The van der Waals surface area contributed by atoms with Gasteiger partial charge in [-0.1, -0.05) is 0 Å². The van der Waals surface area contributed by atoms with E-state index < -0.39 is 10.0 Å². The number of morpholine rings is 1. The zero-order valence-electron chi connectivity index (χ0n) is 21.3. The molecule has 3 fully saturated rings. The second-order valence-corrected chi connectivity index (χ2v) is 12.4. The van der Waals surface area contributed by atoms with Crippen molar-refractivity contribution in [2.75, 3.05) is 43.2 Å². The van der Waals surface area contributed by atoms with Gasteiger partial charge in [-0.15, -0.1) is 0 Å². The number of sulfonamides is 1. The molecule has 3 aliphatic rings. The minimum atomic E-state index is -3.20. The third kappa shape index (κ3) is 5.28. The van der Waals surface area contributed by atoms with Gasteiger partial charge in [0, 0.05) is 61.0 Å². The predicted octanol–water partition coefficient (Wildman–Crippen LogP) is 2.60. The van der Waals surface area contributed by atoms with Crippen LogP contribution in [0.1, 0.15) is 37.1 Å². The third-order valence-electron chi connectivity index (χ3n) is 7.58. The first-order chi connectivity index (χ1) is 17.8. The number of anilines is 3. The van der Waals surface area contributed by atoms with Gasteiger partial charge in [0.15, 0.2) is 5.82 Å². The highest BCUT2D eigenvalue weighted by atomic mass is 32.2. The van der Waals surface area contributed by atoms with Crippen LogP contribution in [0.25, 0.3) is 10.9 Å². The summed E-state index contributed by atoms with van der Waals surface area (Å²) < 4.78 is 31.9. The van der Waals surface area contributed by atoms with Crippen molar-refractivity contribution in [1.82, 2.24) is 29.4 Å². The van der Waals surface area contributed by atoms with Crippen molar-refractivity contribution in [2.24, 2.45) is 0 Å². The summed E-state index contributed by atoms with van der Waals surface area (Å²) in [5.74, 6) is 2.11. The molecule has 3 aliphatic heterocycles. The van der Waals surface area contributed by atoms with Gasteiger partial charge in [-0.05, 0) is 44.7 Å². The van der Waals surface area contributed by atoms with Gasteiger partial charge in [-0.25, -0.2) is 13.4 Å². The van der Waals surface area contributed by atoms with Crippen molar-refractivity contribution >= 4 is 38.4 Å². The standard InChI is InChI=1S/C25H34N8O3S/c1-16-11-24(31-30-16)28-23-14-22-21(6-3-17(26-22)15-32-7-9-36-10-8-32)25(29-23)27-18-12-19-4-5-20(13-18)33(19)37(2,34)35/h3,6,11,14,18-20H,4-5,7-10,12-13,15H2,1-2H3,(H3,27,28,29,30,31)/t18?,19-,20+. The molecule has 11 nitrogen and oxygen atoms in total. The quantitative estimate of drug-likeness (QED) is 0.425. The van der Waals surface area contributed by atoms with Crippen LogP contribution < -0.4 is 10.6 Å². The van der Waals surface area contributed by atoms with Gasteiger partial charge in [-0.2, -0.15) is 9.40 Å². The van der Waals surface area contributed by atoms with E-state index in [1.54, 1.807) is 4.31 Å². The number of hydrogen-bond donors (Lipinski definition) is 3. The number of hydrogen-bond acceptors (Lipinski definition) is 9. The van der Waals surface area contributed by atoms with E-state index in [2.05, 4.69) is 37.9 Å². The summed E-state index contributed by atoms with van der Waals surface area (Å²) in [6, 6.07) is 8.29. The zero-order valence-corrected chi connectivity index (χ0v) is 22.1. The van der Waals surface area contributed by atoms with Gasteiger partial charge in [-0.3, -0.25) is 15.0 Å². The first kappa shape index (κ1) is 24.5. The first-order valence-electron chi connectivity index (χ1n) is 13.0. The highest BCUT2D eigenvalue weighted by Crippen LogP contribution is 2.39. The van der Waals surface area contributed by atoms with Crippen molar-refractivity contribution in [3.63, 3.8) is 0 Å². The summed E-state index contributed by atoms with van der Waals surface area (Å²) in [7, 11) is -3.20. The number of aryl methyl sites for hydroxylation is 1. The number of H-pyrrole nitrogens is 1. The van der Waals surface area contributed by atoms with Crippen LogP contribution in [0.2, 0.25) is 0 Å². The number of aromatic nitrogens is 4. The summed E-state index contributed by atoms with van der Waals surface area (Å²) in [5.41, 5.74) is 2.82. The fraction of sp³-hybridized carbons (Fsp3) is 0.560. The van der Waals surface area contributed by atoms with E-state index in [-0.39, 0.29) is 18.1 Å². The topological polar surface area (TPSA) is 128 Å². The molecule has 0 saturated carbocycles. The van der Waals surface area contributed by atoms with E-state index in [1.165, 1.54) is 6.26 Å². The van der Waals surface area contributed by atoms with Crippen molar-refractivity contribution in [2.45, 2.75) is 57.3 Å². The number of ether oxygens (including phenoxy) is 1. The molecule has 3 N–H and O–H groups in total. The number of nitrogens with zero attached hydrogens (tertiary/aromatic N) is 5. The van der Waals surface area contributed by atoms with Crippen LogP contribution in [0.3, 0.4) is 0 Å². The molecule has 6 rings (SSSR count).